The van der Waals surface area contributed by atoms with Crippen molar-refractivity contribution in [2.45, 2.75) is 24.5 Å². The maximum absolute atomic E-state index is 13.0. The molecule has 0 unspecified atom stereocenters. The van der Waals surface area contributed by atoms with E-state index in [0.29, 0.717) is 11.1 Å². The number of carbonyl (C=O) groups excluding carboxylic acids is 3. The number of aromatic nitrogens is 4. The molecule has 0 aliphatic carbocycles. The van der Waals surface area contributed by atoms with Gasteiger partial charge in [-0.3, -0.25) is 24.5 Å². The van der Waals surface area contributed by atoms with Crippen LogP contribution in [0.3, 0.4) is 0 Å². The predicted octanol–water partition coefficient (Wildman–Crippen LogP) is 2.71. The van der Waals surface area contributed by atoms with Crippen LogP contribution in [0.4, 0.5) is 5.95 Å². The molecule has 3 N–H and O–H groups in total. The van der Waals surface area contributed by atoms with Crippen LogP contribution in [0.15, 0.2) is 102 Å². The van der Waals surface area contributed by atoms with E-state index in [4.69, 9.17) is 14.2 Å². The molecule has 0 spiro atoms. The molecule has 2 aromatic heterocycles. The number of imidazole rings is 1. The lowest BCUT2D eigenvalue weighted by Crippen LogP contribution is -2.38. The fourth-order valence-electron chi connectivity index (χ4n) is 4.75. The van der Waals surface area contributed by atoms with Gasteiger partial charge < -0.3 is 19.3 Å². The molecule has 13 nitrogen and oxygen atoms in total. The summed E-state index contributed by atoms with van der Waals surface area (Å²) in [6.07, 6.45) is -3.91. The van der Waals surface area contributed by atoms with Crippen LogP contribution in [0.5, 0.6) is 0 Å². The third-order valence-electron chi connectivity index (χ3n) is 6.92. The van der Waals surface area contributed by atoms with Crippen LogP contribution in [0.2, 0.25) is 0 Å². The van der Waals surface area contributed by atoms with Crippen molar-refractivity contribution in [2.24, 2.45) is 0 Å². The van der Waals surface area contributed by atoms with Gasteiger partial charge >= 0.3 is 11.9 Å². The monoisotopic (exact) mass is 595 g/mol. The summed E-state index contributed by atoms with van der Waals surface area (Å²) in [4.78, 5) is 62.0. The summed E-state index contributed by atoms with van der Waals surface area (Å²) < 4.78 is 18.5. The molecule has 6 rings (SSSR count). The number of H-pyrrole nitrogens is 1. The van der Waals surface area contributed by atoms with Crippen molar-refractivity contribution in [3.05, 3.63) is 124 Å². The Kier molecular flexibility index (Phi) is 7.95. The maximum Gasteiger partial charge on any atom is 0.338 e. The Morgan fingerprint density at radius 1 is 0.886 bits per heavy atom. The Bertz CT molecular complexity index is 1860. The molecule has 1 fully saturated rings. The molecule has 1 saturated heterocycles. The first kappa shape index (κ1) is 28.5. The summed E-state index contributed by atoms with van der Waals surface area (Å²) in [5.74, 6) is -2.04. The van der Waals surface area contributed by atoms with Crippen LogP contribution in [0.1, 0.15) is 37.3 Å². The van der Waals surface area contributed by atoms with E-state index in [0.717, 1.165) is 0 Å². The van der Waals surface area contributed by atoms with E-state index in [9.17, 15) is 24.3 Å². The van der Waals surface area contributed by atoms with Crippen LogP contribution in [-0.2, 0) is 14.2 Å². The molecule has 1 amide bonds. The highest BCUT2D eigenvalue weighted by molar-refractivity contribution is 6.03. The van der Waals surface area contributed by atoms with E-state index in [1.54, 1.807) is 91.0 Å². The average molecular weight is 596 g/mol. The highest BCUT2D eigenvalue weighted by Crippen LogP contribution is 2.34. The number of ether oxygens (including phenoxy) is 3. The Morgan fingerprint density at radius 3 is 2.11 bits per heavy atom. The van der Waals surface area contributed by atoms with E-state index in [-0.39, 0.29) is 29.3 Å². The van der Waals surface area contributed by atoms with E-state index in [1.807, 2.05) is 0 Å². The van der Waals surface area contributed by atoms with Gasteiger partial charge in [0.15, 0.2) is 23.5 Å². The van der Waals surface area contributed by atoms with Crippen molar-refractivity contribution < 1.29 is 33.7 Å². The lowest BCUT2D eigenvalue weighted by atomic mass is 10.1. The second kappa shape index (κ2) is 12.3. The van der Waals surface area contributed by atoms with Gasteiger partial charge in [-0.15, -0.1) is 0 Å². The van der Waals surface area contributed by atoms with Crippen molar-refractivity contribution in [1.29, 1.82) is 0 Å². The van der Waals surface area contributed by atoms with E-state index in [1.165, 1.54) is 10.9 Å². The zero-order chi connectivity index (χ0) is 30.6. The van der Waals surface area contributed by atoms with Gasteiger partial charge in [-0.1, -0.05) is 54.6 Å². The molecule has 44 heavy (non-hydrogen) atoms. The summed E-state index contributed by atoms with van der Waals surface area (Å²) in [6.45, 7) is -0.368. The standard InChI is InChI=1S/C31H25N5O8/c37-23-24(44-30(41)20-14-8-3-9-15-20)21(16-42-29(40)19-12-6-2-7-13-19)43-28(23)36-17-32-22-25(36)33-31(35-27(22)39)34-26(38)18-10-4-1-5-11-18/h1-15,17,21,23-24,28,37H,16H2,(H2,33,34,35,38,39)/t21-,23-,24+,28-/m0/s1. The molecule has 0 radical (unpaired) electrons. The van der Waals surface area contributed by atoms with Crippen LogP contribution < -0.4 is 10.9 Å². The Hall–Kier alpha value is -5.66. The topological polar surface area (TPSA) is 175 Å². The molecular formula is C31H25N5O8. The molecule has 3 heterocycles. The zero-order valence-corrected chi connectivity index (χ0v) is 22.9. The predicted molar refractivity (Wildman–Crippen MR) is 155 cm³/mol. The lowest BCUT2D eigenvalue weighted by molar-refractivity contribution is -0.0585. The normalized spacial score (nSPS) is 19.4. The van der Waals surface area contributed by atoms with Gasteiger partial charge in [0, 0.05) is 5.56 Å². The number of anilines is 1. The van der Waals surface area contributed by atoms with E-state index >= 15 is 0 Å². The molecule has 0 bridgehead atoms. The van der Waals surface area contributed by atoms with Gasteiger partial charge in [0.1, 0.15) is 18.8 Å². The van der Waals surface area contributed by atoms with E-state index in [2.05, 4.69) is 20.3 Å². The Labute approximate surface area is 249 Å². The number of carbonyl (C=O) groups is 3. The molecule has 4 atom stereocenters. The molecule has 0 saturated carbocycles. The van der Waals surface area contributed by atoms with E-state index < -0.39 is 47.9 Å². The van der Waals surface area contributed by atoms with Gasteiger partial charge in [-0.2, -0.15) is 4.98 Å². The zero-order valence-electron chi connectivity index (χ0n) is 22.9. The minimum absolute atomic E-state index is 0.0174. The first-order valence-electron chi connectivity index (χ1n) is 13.5. The van der Waals surface area contributed by atoms with Crippen LogP contribution in [0.25, 0.3) is 11.2 Å². The quantitative estimate of drug-likeness (QED) is 0.226. The largest absolute Gasteiger partial charge is 0.459 e. The number of esters is 2. The van der Waals surface area contributed by atoms with Crippen LogP contribution in [-0.4, -0.2) is 67.4 Å². The van der Waals surface area contributed by atoms with Gasteiger partial charge in [0.05, 0.1) is 17.5 Å². The smallest absolute Gasteiger partial charge is 0.338 e. The number of aromatic amines is 1. The molecule has 13 heteroatoms. The van der Waals surface area contributed by atoms with Crippen molar-refractivity contribution in [1.82, 2.24) is 19.5 Å². The van der Waals surface area contributed by atoms with Gasteiger partial charge in [-0.25, -0.2) is 14.6 Å². The fourth-order valence-corrected chi connectivity index (χ4v) is 4.75. The summed E-state index contributed by atoms with van der Waals surface area (Å²) in [6, 6.07) is 24.8. The molecule has 1 aliphatic heterocycles. The number of fused-ring (bicyclic) bond motifs is 1. The highest BCUT2D eigenvalue weighted by Gasteiger charge is 2.48. The second-order valence-electron chi connectivity index (χ2n) is 9.81. The number of benzene rings is 3. The second-order valence-corrected chi connectivity index (χ2v) is 9.81. The SMILES string of the molecule is O=C(Nc1nc2c(ncn2[C@H]2O[C@@H](COC(=O)c3ccccc3)[C@@H](OC(=O)c3ccccc3)[C@@H]2O)c(=O)[nH]1)c1ccccc1. The highest BCUT2D eigenvalue weighted by atomic mass is 16.6. The fraction of sp³-hybridized carbons (Fsp3) is 0.161. The summed E-state index contributed by atoms with van der Waals surface area (Å²) in [7, 11) is 0. The summed E-state index contributed by atoms with van der Waals surface area (Å²) in [5.41, 5.74) is 0.128. The van der Waals surface area contributed by atoms with Crippen molar-refractivity contribution in [3.8, 4) is 0 Å². The van der Waals surface area contributed by atoms with Gasteiger partial charge in [0.2, 0.25) is 5.95 Å². The minimum Gasteiger partial charge on any atom is -0.459 e. The summed E-state index contributed by atoms with van der Waals surface area (Å²) >= 11 is 0. The Morgan fingerprint density at radius 2 is 1.48 bits per heavy atom. The molecule has 222 valence electrons. The minimum atomic E-state index is -1.50. The summed E-state index contributed by atoms with van der Waals surface area (Å²) in [5, 5.41) is 13.9. The molecule has 5 aromatic rings. The third kappa shape index (κ3) is 5.82. The lowest BCUT2D eigenvalue weighted by Gasteiger charge is -2.20. The van der Waals surface area contributed by atoms with Crippen LogP contribution in [0, 0.1) is 0 Å². The van der Waals surface area contributed by atoms with Crippen molar-refractivity contribution in [3.63, 3.8) is 0 Å². The first-order valence-corrected chi connectivity index (χ1v) is 13.5. The number of aliphatic hydroxyl groups excluding tert-OH is 1. The molecule has 3 aromatic carbocycles. The van der Waals surface area contributed by atoms with Gasteiger partial charge in [-0.05, 0) is 36.4 Å². The Balaban J connectivity index is 1.28. The van der Waals surface area contributed by atoms with Crippen molar-refractivity contribution in [2.75, 3.05) is 11.9 Å². The third-order valence-corrected chi connectivity index (χ3v) is 6.92. The number of rotatable bonds is 8. The molecular weight excluding hydrogens is 570 g/mol. The van der Waals surface area contributed by atoms with Gasteiger partial charge in [0.25, 0.3) is 11.5 Å². The maximum atomic E-state index is 13.0. The number of amides is 1. The number of hydrogen-bond acceptors (Lipinski definition) is 10. The number of hydrogen-bond donors (Lipinski definition) is 3. The van der Waals surface area contributed by atoms with Crippen LogP contribution >= 0.6 is 0 Å². The van der Waals surface area contributed by atoms with Crippen molar-refractivity contribution >= 4 is 35.0 Å². The number of aliphatic hydroxyl groups is 1. The number of nitrogens with zero attached hydrogens (tertiary/aromatic N) is 3. The number of nitrogens with one attached hydrogen (secondary N) is 2. The molecule has 1 aliphatic rings. The average Bonchev–Trinajstić information content (AvgIpc) is 3.61. The first-order chi connectivity index (χ1) is 21.4.